The minimum absolute atomic E-state index is 0.179. The fraction of sp³-hybridized carbons (Fsp3) is 0.429. The second kappa shape index (κ2) is 8.13. The highest BCUT2D eigenvalue weighted by molar-refractivity contribution is 6.04. The van der Waals surface area contributed by atoms with Gasteiger partial charge in [0, 0.05) is 6.54 Å². The maximum absolute atomic E-state index is 11.7. The third-order valence-electron chi connectivity index (χ3n) is 2.55. The number of benzene rings is 1. The number of carbonyl (C=O) groups excluding carboxylic acids is 2. The molecule has 0 atom stereocenters. The van der Waals surface area contributed by atoms with Crippen LogP contribution in [-0.2, 0) is 9.59 Å². The Morgan fingerprint density at radius 1 is 1.21 bits per heavy atom. The average molecular weight is 264 g/mol. The Labute approximate surface area is 113 Å². The van der Waals surface area contributed by atoms with Crippen molar-refractivity contribution in [3.8, 4) is 5.75 Å². The molecule has 0 aromatic heterocycles. The van der Waals surface area contributed by atoms with Crippen molar-refractivity contribution >= 4 is 17.5 Å². The van der Waals surface area contributed by atoms with Gasteiger partial charge in [0.05, 0.1) is 12.8 Å². The summed E-state index contributed by atoms with van der Waals surface area (Å²) in [7, 11) is 1.53. The lowest BCUT2D eigenvalue weighted by molar-refractivity contribution is -0.126. The zero-order valence-corrected chi connectivity index (χ0v) is 11.4. The van der Waals surface area contributed by atoms with Crippen molar-refractivity contribution in [2.24, 2.45) is 0 Å². The number of hydrogen-bond acceptors (Lipinski definition) is 3. The van der Waals surface area contributed by atoms with Crippen molar-refractivity contribution in [1.29, 1.82) is 0 Å². The summed E-state index contributed by atoms with van der Waals surface area (Å²) in [5, 5.41) is 5.36. The van der Waals surface area contributed by atoms with E-state index >= 15 is 0 Å². The maximum Gasteiger partial charge on any atom is 0.233 e. The Balaban J connectivity index is 2.44. The van der Waals surface area contributed by atoms with Crippen LogP contribution in [0.2, 0.25) is 0 Å². The molecule has 1 aromatic rings. The first kappa shape index (κ1) is 15.0. The van der Waals surface area contributed by atoms with E-state index in [9.17, 15) is 9.59 Å². The number of anilines is 1. The summed E-state index contributed by atoms with van der Waals surface area (Å²) in [6.07, 6.45) is 1.75. The smallest absolute Gasteiger partial charge is 0.233 e. The molecule has 0 aliphatic rings. The second-order valence-corrected chi connectivity index (χ2v) is 4.13. The van der Waals surface area contributed by atoms with Crippen molar-refractivity contribution in [1.82, 2.24) is 5.32 Å². The number of rotatable bonds is 7. The topological polar surface area (TPSA) is 67.4 Å². The van der Waals surface area contributed by atoms with E-state index in [0.717, 1.165) is 12.8 Å². The Hall–Kier alpha value is -2.04. The molecule has 104 valence electrons. The first-order valence-electron chi connectivity index (χ1n) is 6.37. The molecule has 0 heterocycles. The van der Waals surface area contributed by atoms with E-state index in [2.05, 4.69) is 10.6 Å². The highest BCUT2D eigenvalue weighted by Gasteiger charge is 2.11. The minimum atomic E-state index is -0.349. The highest BCUT2D eigenvalue weighted by Crippen LogP contribution is 2.22. The zero-order valence-electron chi connectivity index (χ0n) is 11.4. The van der Waals surface area contributed by atoms with Crippen LogP contribution in [-0.4, -0.2) is 25.5 Å². The fourth-order valence-corrected chi connectivity index (χ4v) is 1.56. The molecule has 5 nitrogen and oxygen atoms in total. The molecule has 0 fully saturated rings. The molecule has 0 bridgehead atoms. The molecule has 1 rings (SSSR count). The van der Waals surface area contributed by atoms with Crippen molar-refractivity contribution in [2.45, 2.75) is 26.2 Å². The Bertz CT molecular complexity index is 432. The van der Waals surface area contributed by atoms with Gasteiger partial charge < -0.3 is 15.4 Å². The summed E-state index contributed by atoms with van der Waals surface area (Å²) in [5.74, 6) is -0.0402. The summed E-state index contributed by atoms with van der Waals surface area (Å²) in [4.78, 5) is 23.2. The molecule has 0 saturated carbocycles. The van der Waals surface area contributed by atoms with Crippen LogP contribution in [0.4, 0.5) is 5.69 Å². The SMILES string of the molecule is CCCCNC(=O)CC(=O)Nc1ccccc1OC. The van der Waals surface area contributed by atoms with Crippen LogP contribution in [0.1, 0.15) is 26.2 Å². The average Bonchev–Trinajstić information content (AvgIpc) is 2.39. The maximum atomic E-state index is 11.7. The summed E-state index contributed by atoms with van der Waals surface area (Å²) in [6.45, 7) is 2.65. The third-order valence-corrected chi connectivity index (χ3v) is 2.55. The number of amides is 2. The number of carbonyl (C=O) groups is 2. The van der Waals surface area contributed by atoms with Crippen molar-refractivity contribution < 1.29 is 14.3 Å². The van der Waals surface area contributed by atoms with E-state index in [1.54, 1.807) is 18.2 Å². The zero-order chi connectivity index (χ0) is 14.1. The number of para-hydroxylation sites is 2. The van der Waals surface area contributed by atoms with E-state index in [0.29, 0.717) is 18.0 Å². The van der Waals surface area contributed by atoms with Gasteiger partial charge in [-0.05, 0) is 18.6 Å². The largest absolute Gasteiger partial charge is 0.495 e. The van der Waals surface area contributed by atoms with Gasteiger partial charge in [-0.1, -0.05) is 25.5 Å². The minimum Gasteiger partial charge on any atom is -0.495 e. The first-order chi connectivity index (χ1) is 9.17. The monoisotopic (exact) mass is 264 g/mol. The van der Waals surface area contributed by atoms with Gasteiger partial charge in [-0.2, -0.15) is 0 Å². The van der Waals surface area contributed by atoms with Crippen molar-refractivity contribution in [3.63, 3.8) is 0 Å². The molecule has 0 radical (unpaired) electrons. The molecule has 5 heteroatoms. The van der Waals surface area contributed by atoms with Gasteiger partial charge in [-0.3, -0.25) is 9.59 Å². The predicted octanol–water partition coefficient (Wildman–Crippen LogP) is 1.94. The first-order valence-corrected chi connectivity index (χ1v) is 6.37. The van der Waals surface area contributed by atoms with E-state index in [1.807, 2.05) is 13.0 Å². The van der Waals surface area contributed by atoms with E-state index in [4.69, 9.17) is 4.74 Å². The van der Waals surface area contributed by atoms with E-state index < -0.39 is 0 Å². The molecule has 2 N–H and O–H groups in total. The van der Waals surface area contributed by atoms with Crippen LogP contribution in [0.5, 0.6) is 5.75 Å². The predicted molar refractivity (Wildman–Crippen MR) is 74.2 cm³/mol. The van der Waals surface area contributed by atoms with Crippen LogP contribution in [0.15, 0.2) is 24.3 Å². The van der Waals surface area contributed by atoms with Gasteiger partial charge in [0.15, 0.2) is 0 Å². The van der Waals surface area contributed by atoms with Gasteiger partial charge >= 0.3 is 0 Å². The summed E-state index contributed by atoms with van der Waals surface area (Å²) in [6, 6.07) is 7.08. The summed E-state index contributed by atoms with van der Waals surface area (Å²) >= 11 is 0. The molecule has 19 heavy (non-hydrogen) atoms. The number of hydrogen-bond donors (Lipinski definition) is 2. The Morgan fingerprint density at radius 2 is 1.95 bits per heavy atom. The van der Waals surface area contributed by atoms with Crippen LogP contribution >= 0.6 is 0 Å². The van der Waals surface area contributed by atoms with Crippen LogP contribution in [0.25, 0.3) is 0 Å². The van der Waals surface area contributed by atoms with Crippen LogP contribution in [0, 0.1) is 0 Å². The molecule has 0 saturated heterocycles. The molecule has 0 aliphatic heterocycles. The van der Waals surface area contributed by atoms with Gasteiger partial charge in [-0.25, -0.2) is 0 Å². The second-order valence-electron chi connectivity index (χ2n) is 4.13. The molecular weight excluding hydrogens is 244 g/mol. The lowest BCUT2D eigenvalue weighted by Crippen LogP contribution is -2.28. The number of methoxy groups -OCH3 is 1. The van der Waals surface area contributed by atoms with Crippen LogP contribution < -0.4 is 15.4 Å². The fourth-order valence-electron chi connectivity index (χ4n) is 1.56. The molecule has 0 unspecified atom stereocenters. The van der Waals surface area contributed by atoms with Gasteiger partial charge in [0.1, 0.15) is 12.2 Å². The standard InChI is InChI=1S/C14H20N2O3/c1-3-4-9-15-13(17)10-14(18)16-11-7-5-6-8-12(11)19-2/h5-8H,3-4,9-10H2,1-2H3,(H,15,17)(H,16,18). The quantitative estimate of drug-likeness (QED) is 0.584. The number of nitrogens with one attached hydrogen (secondary N) is 2. The molecule has 1 aromatic carbocycles. The lowest BCUT2D eigenvalue weighted by Gasteiger charge is -2.09. The summed E-state index contributed by atoms with van der Waals surface area (Å²) < 4.78 is 5.12. The normalized spacial score (nSPS) is 9.79. The molecule has 2 amide bonds. The van der Waals surface area contributed by atoms with Gasteiger partial charge in [0.2, 0.25) is 11.8 Å². The third kappa shape index (κ3) is 5.42. The molecular formula is C14H20N2O3. The van der Waals surface area contributed by atoms with Gasteiger partial charge in [-0.15, -0.1) is 0 Å². The molecule has 0 spiro atoms. The number of ether oxygens (including phenoxy) is 1. The van der Waals surface area contributed by atoms with Crippen molar-refractivity contribution in [2.75, 3.05) is 19.0 Å². The Morgan fingerprint density at radius 3 is 2.63 bits per heavy atom. The Kier molecular flexibility index (Phi) is 6.43. The van der Waals surface area contributed by atoms with E-state index in [1.165, 1.54) is 7.11 Å². The van der Waals surface area contributed by atoms with E-state index in [-0.39, 0.29) is 18.2 Å². The lowest BCUT2D eigenvalue weighted by atomic mass is 10.2. The summed E-state index contributed by atoms with van der Waals surface area (Å²) in [5.41, 5.74) is 0.566. The van der Waals surface area contributed by atoms with Gasteiger partial charge in [0.25, 0.3) is 0 Å². The number of unbranched alkanes of at least 4 members (excludes halogenated alkanes) is 1. The highest BCUT2D eigenvalue weighted by atomic mass is 16.5. The van der Waals surface area contributed by atoms with Crippen molar-refractivity contribution in [3.05, 3.63) is 24.3 Å². The molecule has 0 aliphatic carbocycles. The van der Waals surface area contributed by atoms with Crippen LogP contribution in [0.3, 0.4) is 0 Å².